The van der Waals surface area contributed by atoms with E-state index in [9.17, 15) is 9.59 Å². The van der Waals surface area contributed by atoms with Gasteiger partial charge in [-0.2, -0.15) is 0 Å². The number of aryl methyl sites for hydroxylation is 2. The second kappa shape index (κ2) is 5.64. The fraction of sp³-hybridized carbons (Fsp3) is 0.143. The van der Waals surface area contributed by atoms with Crippen molar-refractivity contribution in [3.05, 3.63) is 50.2 Å². The van der Waals surface area contributed by atoms with Gasteiger partial charge in [0.05, 0.1) is 10.4 Å². The van der Waals surface area contributed by atoms with Crippen LogP contribution in [0, 0.1) is 13.8 Å². The summed E-state index contributed by atoms with van der Waals surface area (Å²) < 4.78 is 0. The van der Waals surface area contributed by atoms with Crippen molar-refractivity contribution in [3.63, 3.8) is 0 Å². The number of carbonyl (C=O) groups excluding carboxylic acids is 1. The Morgan fingerprint density at radius 3 is 2.45 bits per heavy atom. The molecule has 2 N–H and O–H groups in total. The molecule has 0 aliphatic heterocycles. The van der Waals surface area contributed by atoms with Gasteiger partial charge >= 0.3 is 5.97 Å². The van der Waals surface area contributed by atoms with E-state index in [-0.39, 0.29) is 16.5 Å². The van der Waals surface area contributed by atoms with Gasteiger partial charge in [0, 0.05) is 15.6 Å². The highest BCUT2D eigenvalue weighted by Gasteiger charge is 2.12. The summed E-state index contributed by atoms with van der Waals surface area (Å²) >= 11 is 7.24. The number of amides is 1. The SMILES string of the molecule is Cc1cc(C(=O)Nc2cc(Cl)cc(C(=O)O)c2)sc1C. The van der Waals surface area contributed by atoms with Crippen LogP contribution < -0.4 is 5.32 Å². The van der Waals surface area contributed by atoms with Gasteiger partial charge < -0.3 is 10.4 Å². The Hall–Kier alpha value is -1.85. The van der Waals surface area contributed by atoms with Crippen LogP contribution in [0.25, 0.3) is 0 Å². The number of hydrogen-bond acceptors (Lipinski definition) is 3. The average Bonchev–Trinajstić information content (AvgIpc) is 2.69. The minimum Gasteiger partial charge on any atom is -0.478 e. The quantitative estimate of drug-likeness (QED) is 0.901. The molecule has 0 atom stereocenters. The minimum atomic E-state index is -1.09. The number of hydrogen-bond donors (Lipinski definition) is 2. The predicted molar refractivity (Wildman–Crippen MR) is 80.2 cm³/mol. The van der Waals surface area contributed by atoms with E-state index in [1.54, 1.807) is 6.07 Å². The first kappa shape index (κ1) is 14.6. The summed E-state index contributed by atoms with van der Waals surface area (Å²) in [6.07, 6.45) is 0. The van der Waals surface area contributed by atoms with Crippen molar-refractivity contribution >= 4 is 40.5 Å². The van der Waals surface area contributed by atoms with E-state index >= 15 is 0 Å². The number of benzene rings is 1. The van der Waals surface area contributed by atoms with Crippen LogP contribution >= 0.6 is 22.9 Å². The molecular formula is C14H12ClNO3S. The molecule has 0 spiro atoms. The number of anilines is 1. The van der Waals surface area contributed by atoms with Gasteiger partial charge in [-0.05, 0) is 43.7 Å². The van der Waals surface area contributed by atoms with Crippen LogP contribution in [0.15, 0.2) is 24.3 Å². The van der Waals surface area contributed by atoms with Crippen LogP contribution in [-0.2, 0) is 0 Å². The van der Waals surface area contributed by atoms with Gasteiger partial charge in [0.15, 0.2) is 0 Å². The van der Waals surface area contributed by atoms with Crippen LogP contribution in [0.1, 0.15) is 30.5 Å². The van der Waals surface area contributed by atoms with Crippen LogP contribution in [0.3, 0.4) is 0 Å². The Morgan fingerprint density at radius 2 is 1.90 bits per heavy atom. The van der Waals surface area contributed by atoms with E-state index in [1.807, 2.05) is 13.8 Å². The third-order valence-corrected chi connectivity index (χ3v) is 4.16. The highest BCUT2D eigenvalue weighted by Crippen LogP contribution is 2.23. The van der Waals surface area contributed by atoms with E-state index in [0.29, 0.717) is 10.6 Å². The number of thiophene rings is 1. The van der Waals surface area contributed by atoms with Crippen molar-refractivity contribution in [2.75, 3.05) is 5.32 Å². The van der Waals surface area contributed by atoms with Gasteiger partial charge in [-0.3, -0.25) is 4.79 Å². The fourth-order valence-electron chi connectivity index (χ4n) is 1.66. The van der Waals surface area contributed by atoms with Gasteiger partial charge in [0.25, 0.3) is 5.91 Å². The summed E-state index contributed by atoms with van der Waals surface area (Å²) in [5, 5.41) is 11.9. The first-order chi connectivity index (χ1) is 9.36. The molecule has 2 rings (SSSR count). The van der Waals surface area contributed by atoms with E-state index < -0.39 is 5.97 Å². The molecule has 0 unspecified atom stereocenters. The maximum Gasteiger partial charge on any atom is 0.335 e. The second-order valence-corrected chi connectivity index (χ2v) is 6.03. The number of nitrogens with one attached hydrogen (secondary N) is 1. The largest absolute Gasteiger partial charge is 0.478 e. The topological polar surface area (TPSA) is 66.4 Å². The van der Waals surface area contributed by atoms with Gasteiger partial charge in [-0.1, -0.05) is 11.6 Å². The van der Waals surface area contributed by atoms with E-state index in [2.05, 4.69) is 5.32 Å². The van der Waals surface area contributed by atoms with Crippen molar-refractivity contribution in [2.24, 2.45) is 0 Å². The molecule has 6 heteroatoms. The Labute approximate surface area is 125 Å². The number of aromatic carboxylic acids is 1. The number of carbonyl (C=O) groups is 2. The van der Waals surface area contributed by atoms with Crippen LogP contribution in [0.2, 0.25) is 5.02 Å². The number of halogens is 1. The molecule has 1 aromatic heterocycles. The lowest BCUT2D eigenvalue weighted by atomic mass is 10.2. The lowest BCUT2D eigenvalue weighted by Gasteiger charge is -2.05. The molecule has 0 saturated heterocycles. The summed E-state index contributed by atoms with van der Waals surface area (Å²) in [5.74, 6) is -1.37. The molecule has 2 aromatic rings. The van der Waals surface area contributed by atoms with Crippen molar-refractivity contribution in [1.29, 1.82) is 0 Å². The van der Waals surface area contributed by atoms with Gasteiger partial charge in [0.2, 0.25) is 0 Å². The van der Waals surface area contributed by atoms with Crippen LogP contribution in [0.5, 0.6) is 0 Å². The first-order valence-electron chi connectivity index (χ1n) is 5.79. The monoisotopic (exact) mass is 309 g/mol. The molecule has 0 saturated carbocycles. The zero-order chi connectivity index (χ0) is 14.9. The Morgan fingerprint density at radius 1 is 1.20 bits per heavy atom. The van der Waals surface area contributed by atoms with Crippen LogP contribution in [0.4, 0.5) is 5.69 Å². The maximum atomic E-state index is 12.1. The Bertz CT molecular complexity index is 674. The zero-order valence-electron chi connectivity index (χ0n) is 10.9. The van der Waals surface area contributed by atoms with E-state index in [4.69, 9.17) is 16.7 Å². The van der Waals surface area contributed by atoms with Gasteiger partial charge in [-0.15, -0.1) is 11.3 Å². The lowest BCUT2D eigenvalue weighted by Crippen LogP contribution is -2.11. The molecule has 1 amide bonds. The van der Waals surface area contributed by atoms with E-state index in [1.165, 1.54) is 29.5 Å². The van der Waals surface area contributed by atoms with Crippen molar-refractivity contribution in [1.82, 2.24) is 0 Å². The molecule has 1 aromatic carbocycles. The standard InChI is InChI=1S/C14H12ClNO3S/c1-7-3-12(20-8(7)2)13(17)16-11-5-9(14(18)19)4-10(15)6-11/h3-6H,1-2H3,(H,16,17)(H,18,19). The summed E-state index contributed by atoms with van der Waals surface area (Å²) in [4.78, 5) is 24.7. The normalized spacial score (nSPS) is 10.3. The third kappa shape index (κ3) is 3.18. The number of rotatable bonds is 3. The Kier molecular flexibility index (Phi) is 4.11. The van der Waals surface area contributed by atoms with Gasteiger partial charge in [-0.25, -0.2) is 4.79 Å². The highest BCUT2D eigenvalue weighted by molar-refractivity contribution is 7.14. The lowest BCUT2D eigenvalue weighted by molar-refractivity contribution is 0.0696. The molecule has 4 nitrogen and oxygen atoms in total. The summed E-state index contributed by atoms with van der Waals surface area (Å²) in [6, 6.07) is 6.02. The molecule has 0 radical (unpaired) electrons. The van der Waals surface area contributed by atoms with Crippen molar-refractivity contribution in [3.8, 4) is 0 Å². The van der Waals surface area contributed by atoms with Crippen LogP contribution in [-0.4, -0.2) is 17.0 Å². The number of carboxylic acid groups (broad SMARTS) is 1. The predicted octanol–water partition coefficient (Wildman–Crippen LogP) is 3.97. The molecule has 1 heterocycles. The van der Waals surface area contributed by atoms with Crippen molar-refractivity contribution < 1.29 is 14.7 Å². The second-order valence-electron chi connectivity index (χ2n) is 4.34. The average molecular weight is 310 g/mol. The molecule has 0 aliphatic carbocycles. The number of carboxylic acids is 1. The molecule has 0 bridgehead atoms. The molecule has 0 aliphatic rings. The Balaban J connectivity index is 2.25. The molecule has 0 fully saturated rings. The maximum absolute atomic E-state index is 12.1. The third-order valence-electron chi connectivity index (χ3n) is 2.79. The smallest absolute Gasteiger partial charge is 0.335 e. The van der Waals surface area contributed by atoms with Gasteiger partial charge in [0.1, 0.15) is 0 Å². The van der Waals surface area contributed by atoms with E-state index in [0.717, 1.165) is 10.4 Å². The molecule has 104 valence electrons. The molecular weight excluding hydrogens is 298 g/mol. The summed E-state index contributed by atoms with van der Waals surface area (Å²) in [5.41, 5.74) is 1.45. The summed E-state index contributed by atoms with van der Waals surface area (Å²) in [7, 11) is 0. The minimum absolute atomic E-state index is 0.0336. The zero-order valence-corrected chi connectivity index (χ0v) is 12.4. The fourth-order valence-corrected chi connectivity index (χ4v) is 2.83. The highest BCUT2D eigenvalue weighted by atomic mass is 35.5. The summed E-state index contributed by atoms with van der Waals surface area (Å²) in [6.45, 7) is 3.88. The van der Waals surface area contributed by atoms with Crippen molar-refractivity contribution in [2.45, 2.75) is 13.8 Å². The molecule has 20 heavy (non-hydrogen) atoms. The first-order valence-corrected chi connectivity index (χ1v) is 6.98.